The van der Waals surface area contributed by atoms with Gasteiger partial charge < -0.3 is 9.80 Å². The van der Waals surface area contributed by atoms with Crippen LogP contribution in [-0.2, 0) is 16.1 Å². The molecular formula is C20H27ClN2O2. The summed E-state index contributed by atoms with van der Waals surface area (Å²) >= 11 is 5.93. The van der Waals surface area contributed by atoms with Crippen molar-refractivity contribution < 1.29 is 9.59 Å². The first-order chi connectivity index (χ1) is 12.1. The van der Waals surface area contributed by atoms with Crippen LogP contribution in [0, 0.1) is 11.8 Å². The smallest absolute Gasteiger partial charge is 0.227 e. The molecular weight excluding hydrogens is 336 g/mol. The first-order valence-corrected chi connectivity index (χ1v) is 9.75. The first kappa shape index (κ1) is 18.2. The van der Waals surface area contributed by atoms with Gasteiger partial charge >= 0.3 is 0 Å². The number of hydrogen-bond acceptors (Lipinski definition) is 2. The maximum Gasteiger partial charge on any atom is 0.227 e. The van der Waals surface area contributed by atoms with Gasteiger partial charge in [-0.15, -0.1) is 0 Å². The van der Waals surface area contributed by atoms with Crippen LogP contribution in [0.25, 0.3) is 0 Å². The van der Waals surface area contributed by atoms with E-state index in [2.05, 4.69) is 6.92 Å². The predicted molar refractivity (Wildman–Crippen MR) is 99.2 cm³/mol. The second kappa shape index (κ2) is 8.22. The third kappa shape index (κ3) is 4.97. The van der Waals surface area contributed by atoms with E-state index < -0.39 is 0 Å². The number of hydrogen-bond donors (Lipinski definition) is 0. The maximum absolute atomic E-state index is 13.0. The van der Waals surface area contributed by atoms with Gasteiger partial charge in [0.1, 0.15) is 0 Å². The number of piperidine rings is 1. The molecule has 1 aliphatic carbocycles. The minimum atomic E-state index is -0.0599. The average molecular weight is 363 g/mol. The lowest BCUT2D eigenvalue weighted by molar-refractivity contribution is -0.143. The fraction of sp³-hybridized carbons (Fsp3) is 0.600. The molecule has 1 aromatic rings. The Balaban J connectivity index is 1.62. The van der Waals surface area contributed by atoms with Gasteiger partial charge in [-0.05, 0) is 49.3 Å². The van der Waals surface area contributed by atoms with E-state index in [1.54, 1.807) is 0 Å². The molecule has 25 heavy (non-hydrogen) atoms. The van der Waals surface area contributed by atoms with Crippen LogP contribution in [0.1, 0.15) is 44.6 Å². The molecule has 136 valence electrons. The van der Waals surface area contributed by atoms with Crippen LogP contribution in [0.2, 0.25) is 5.02 Å². The summed E-state index contributed by atoms with van der Waals surface area (Å²) in [5, 5.41) is 0.692. The molecule has 0 aromatic heterocycles. The SMILES string of the molecule is CCCN(CC1CC1)C(=O)[C@@H]1CCC(=O)N(Cc2ccc(Cl)cc2)C1. The number of carbonyl (C=O) groups is 2. The van der Waals surface area contributed by atoms with Crippen molar-refractivity contribution in [1.29, 1.82) is 0 Å². The second-order valence-electron chi connectivity index (χ2n) is 7.36. The predicted octanol–water partition coefficient (Wildman–Crippen LogP) is 3.73. The van der Waals surface area contributed by atoms with E-state index in [0.29, 0.717) is 36.9 Å². The molecule has 1 aliphatic heterocycles. The van der Waals surface area contributed by atoms with Crippen LogP contribution in [-0.4, -0.2) is 41.2 Å². The molecule has 0 spiro atoms. The van der Waals surface area contributed by atoms with Gasteiger partial charge in [-0.1, -0.05) is 30.7 Å². The van der Waals surface area contributed by atoms with Crippen LogP contribution in [0.5, 0.6) is 0 Å². The van der Waals surface area contributed by atoms with Crippen molar-refractivity contribution in [2.75, 3.05) is 19.6 Å². The molecule has 1 heterocycles. The quantitative estimate of drug-likeness (QED) is 0.741. The monoisotopic (exact) mass is 362 g/mol. The number of nitrogens with zero attached hydrogens (tertiary/aromatic N) is 2. The lowest BCUT2D eigenvalue weighted by atomic mass is 9.95. The molecule has 3 rings (SSSR count). The summed E-state index contributed by atoms with van der Waals surface area (Å²) in [6.45, 7) is 4.93. The van der Waals surface area contributed by atoms with Crippen molar-refractivity contribution in [2.45, 2.75) is 45.6 Å². The van der Waals surface area contributed by atoms with Gasteiger partial charge in [0.05, 0.1) is 5.92 Å². The second-order valence-corrected chi connectivity index (χ2v) is 7.80. The Kier molecular flexibility index (Phi) is 6.00. The van der Waals surface area contributed by atoms with Gasteiger partial charge in [-0.3, -0.25) is 9.59 Å². The number of likely N-dealkylation sites (tertiary alicyclic amines) is 1. The van der Waals surface area contributed by atoms with E-state index in [4.69, 9.17) is 11.6 Å². The Morgan fingerprint density at radius 1 is 1.24 bits per heavy atom. The highest BCUT2D eigenvalue weighted by Crippen LogP contribution is 2.31. The van der Waals surface area contributed by atoms with E-state index in [1.807, 2.05) is 34.1 Å². The van der Waals surface area contributed by atoms with Gasteiger partial charge in [-0.2, -0.15) is 0 Å². The Labute approximate surface area is 155 Å². The highest BCUT2D eigenvalue weighted by molar-refractivity contribution is 6.30. The van der Waals surface area contributed by atoms with Crippen molar-refractivity contribution in [3.05, 3.63) is 34.9 Å². The Hall–Kier alpha value is -1.55. The molecule has 0 radical (unpaired) electrons. The van der Waals surface area contributed by atoms with Gasteiger partial charge in [0.2, 0.25) is 11.8 Å². The molecule has 4 nitrogen and oxygen atoms in total. The molecule has 1 saturated heterocycles. The standard InChI is InChI=1S/C20H27ClN2O2/c1-2-11-22(12-15-3-4-15)20(25)17-7-10-19(24)23(14-17)13-16-5-8-18(21)9-6-16/h5-6,8-9,15,17H,2-4,7,10-14H2,1H3/t17-/m1/s1. The summed E-state index contributed by atoms with van der Waals surface area (Å²) in [4.78, 5) is 29.1. The fourth-order valence-corrected chi connectivity index (χ4v) is 3.64. The van der Waals surface area contributed by atoms with Gasteiger partial charge in [0, 0.05) is 37.6 Å². The number of amides is 2. The van der Waals surface area contributed by atoms with E-state index in [1.165, 1.54) is 12.8 Å². The maximum atomic E-state index is 13.0. The lowest BCUT2D eigenvalue weighted by Gasteiger charge is -2.35. The Morgan fingerprint density at radius 3 is 2.60 bits per heavy atom. The number of benzene rings is 1. The summed E-state index contributed by atoms with van der Waals surface area (Å²) in [6, 6.07) is 7.56. The zero-order chi connectivity index (χ0) is 17.8. The molecule has 1 aromatic carbocycles. The van der Waals surface area contributed by atoms with Crippen molar-refractivity contribution in [1.82, 2.24) is 9.80 Å². The number of rotatable bonds is 7. The summed E-state index contributed by atoms with van der Waals surface area (Å²) < 4.78 is 0. The summed E-state index contributed by atoms with van der Waals surface area (Å²) in [5.41, 5.74) is 1.05. The van der Waals surface area contributed by atoms with Crippen molar-refractivity contribution in [2.24, 2.45) is 11.8 Å². The van der Waals surface area contributed by atoms with Crippen LogP contribution in [0.15, 0.2) is 24.3 Å². The van der Waals surface area contributed by atoms with Gasteiger partial charge in [0.15, 0.2) is 0 Å². The first-order valence-electron chi connectivity index (χ1n) is 9.37. The molecule has 2 aliphatic rings. The van der Waals surface area contributed by atoms with E-state index in [-0.39, 0.29) is 17.7 Å². The normalized spacial score (nSPS) is 20.6. The molecule has 2 amide bonds. The Morgan fingerprint density at radius 2 is 1.96 bits per heavy atom. The summed E-state index contributed by atoms with van der Waals surface area (Å²) in [5.74, 6) is 1.02. The lowest BCUT2D eigenvalue weighted by Crippen LogP contribution is -2.47. The molecule has 2 fully saturated rings. The van der Waals surface area contributed by atoms with Crippen LogP contribution in [0.3, 0.4) is 0 Å². The molecule has 5 heteroatoms. The highest BCUT2D eigenvalue weighted by atomic mass is 35.5. The molecule has 0 unspecified atom stereocenters. The highest BCUT2D eigenvalue weighted by Gasteiger charge is 2.34. The van der Waals surface area contributed by atoms with Crippen LogP contribution >= 0.6 is 11.6 Å². The Bertz CT molecular complexity index is 613. The minimum Gasteiger partial charge on any atom is -0.342 e. The van der Waals surface area contributed by atoms with E-state index in [9.17, 15) is 9.59 Å². The van der Waals surface area contributed by atoms with Crippen LogP contribution in [0.4, 0.5) is 0 Å². The zero-order valence-corrected chi connectivity index (χ0v) is 15.7. The van der Waals surface area contributed by atoms with Crippen LogP contribution < -0.4 is 0 Å². The van der Waals surface area contributed by atoms with Crippen molar-refractivity contribution in [3.8, 4) is 0 Å². The third-order valence-corrected chi connectivity index (χ3v) is 5.37. The molecule has 1 saturated carbocycles. The van der Waals surface area contributed by atoms with Crippen molar-refractivity contribution >= 4 is 23.4 Å². The van der Waals surface area contributed by atoms with E-state index in [0.717, 1.165) is 25.1 Å². The third-order valence-electron chi connectivity index (χ3n) is 5.12. The zero-order valence-electron chi connectivity index (χ0n) is 14.9. The average Bonchev–Trinajstić information content (AvgIpc) is 3.42. The number of carbonyl (C=O) groups excluding carboxylic acids is 2. The topological polar surface area (TPSA) is 40.6 Å². The van der Waals surface area contributed by atoms with Gasteiger partial charge in [0.25, 0.3) is 0 Å². The van der Waals surface area contributed by atoms with Gasteiger partial charge in [-0.25, -0.2) is 0 Å². The summed E-state index contributed by atoms with van der Waals surface area (Å²) in [7, 11) is 0. The fourth-order valence-electron chi connectivity index (χ4n) is 3.51. The van der Waals surface area contributed by atoms with Crippen molar-refractivity contribution in [3.63, 3.8) is 0 Å². The number of halogens is 1. The molecule has 0 N–H and O–H groups in total. The minimum absolute atomic E-state index is 0.0599. The molecule has 1 atom stereocenters. The largest absolute Gasteiger partial charge is 0.342 e. The summed E-state index contributed by atoms with van der Waals surface area (Å²) in [6.07, 6.45) is 4.63. The molecule has 0 bridgehead atoms. The van der Waals surface area contributed by atoms with E-state index >= 15 is 0 Å².